The second kappa shape index (κ2) is 8.05. The molecule has 3 rings (SSSR count). The van der Waals surface area contributed by atoms with Crippen LogP contribution in [0.25, 0.3) is 5.76 Å². The van der Waals surface area contributed by atoms with E-state index in [4.69, 9.17) is 9.47 Å². The molecule has 2 aromatic rings. The Hall–Kier alpha value is -3.12. The molecule has 1 fully saturated rings. The molecule has 1 atom stereocenters. The second-order valence-electron chi connectivity index (χ2n) is 6.12. The monoisotopic (exact) mass is 367 g/mol. The van der Waals surface area contributed by atoms with E-state index in [1.165, 1.54) is 12.0 Å². The molecule has 0 saturated carbocycles. The van der Waals surface area contributed by atoms with Gasteiger partial charge in [0.25, 0.3) is 11.7 Å². The van der Waals surface area contributed by atoms with Crippen LogP contribution in [0.5, 0.6) is 5.75 Å². The van der Waals surface area contributed by atoms with Crippen molar-refractivity contribution < 1.29 is 24.2 Å². The largest absolute Gasteiger partial charge is 0.507 e. The number of ether oxygens (including phenoxy) is 2. The number of amides is 1. The van der Waals surface area contributed by atoms with E-state index in [0.717, 1.165) is 0 Å². The molecule has 2 aromatic carbocycles. The summed E-state index contributed by atoms with van der Waals surface area (Å²) in [5.41, 5.74) is 1.27. The summed E-state index contributed by atoms with van der Waals surface area (Å²) in [5.74, 6) is -0.871. The summed E-state index contributed by atoms with van der Waals surface area (Å²) in [5, 5.41) is 10.8. The van der Waals surface area contributed by atoms with Gasteiger partial charge in [0.2, 0.25) is 0 Å². The van der Waals surface area contributed by atoms with Crippen LogP contribution in [0.2, 0.25) is 0 Å². The number of methoxy groups -OCH3 is 2. The Labute approximate surface area is 157 Å². The standard InChI is InChI=1S/C21H21NO5/c1-26-13-12-22-18(14-8-10-16(27-2)11-9-14)17(20(24)21(22)25)19(23)15-6-4-3-5-7-15/h3-11,18,23H,12-13H2,1-2H3/b19-17+/t18-/m0/s1. The number of carbonyl (C=O) groups is 2. The second-order valence-corrected chi connectivity index (χ2v) is 6.12. The Morgan fingerprint density at radius 3 is 2.30 bits per heavy atom. The van der Waals surface area contributed by atoms with Crippen molar-refractivity contribution in [3.8, 4) is 5.75 Å². The minimum atomic E-state index is -0.701. The number of Topliss-reactive ketones (excluding diaryl/α,β-unsaturated/α-hetero) is 1. The number of rotatable bonds is 6. The first-order chi connectivity index (χ1) is 13.1. The molecule has 1 heterocycles. The van der Waals surface area contributed by atoms with Gasteiger partial charge in [0.1, 0.15) is 11.5 Å². The molecule has 0 radical (unpaired) electrons. The summed E-state index contributed by atoms with van der Waals surface area (Å²) >= 11 is 0. The number of carbonyl (C=O) groups excluding carboxylic acids is 2. The fourth-order valence-electron chi connectivity index (χ4n) is 3.18. The lowest BCUT2D eigenvalue weighted by Crippen LogP contribution is -2.32. The molecule has 1 saturated heterocycles. The van der Waals surface area contributed by atoms with Crippen molar-refractivity contribution in [3.05, 3.63) is 71.3 Å². The molecule has 27 heavy (non-hydrogen) atoms. The van der Waals surface area contributed by atoms with Gasteiger partial charge < -0.3 is 19.5 Å². The topological polar surface area (TPSA) is 76.1 Å². The van der Waals surface area contributed by atoms with Gasteiger partial charge in [0.15, 0.2) is 0 Å². The highest BCUT2D eigenvalue weighted by atomic mass is 16.5. The highest BCUT2D eigenvalue weighted by Gasteiger charge is 2.45. The van der Waals surface area contributed by atoms with Gasteiger partial charge in [0.05, 0.1) is 25.3 Å². The zero-order valence-corrected chi connectivity index (χ0v) is 15.2. The minimum absolute atomic E-state index is 0.0764. The fourth-order valence-corrected chi connectivity index (χ4v) is 3.18. The number of likely N-dealkylation sites (tertiary alicyclic amines) is 1. The maximum absolute atomic E-state index is 12.7. The molecule has 0 aromatic heterocycles. The van der Waals surface area contributed by atoms with Crippen LogP contribution in [0.3, 0.4) is 0 Å². The Morgan fingerprint density at radius 2 is 1.70 bits per heavy atom. The number of hydrogen-bond donors (Lipinski definition) is 1. The fraction of sp³-hybridized carbons (Fsp3) is 0.238. The maximum Gasteiger partial charge on any atom is 0.295 e. The number of nitrogens with zero attached hydrogens (tertiary/aromatic N) is 1. The molecule has 6 heteroatoms. The van der Waals surface area contributed by atoms with Crippen molar-refractivity contribution in [1.29, 1.82) is 0 Å². The van der Waals surface area contributed by atoms with Crippen LogP contribution in [0.4, 0.5) is 0 Å². The van der Waals surface area contributed by atoms with Crippen LogP contribution in [0.15, 0.2) is 60.2 Å². The SMILES string of the molecule is COCCN1C(=O)C(=O)/C(=C(/O)c2ccccc2)[C@@H]1c1ccc(OC)cc1. The van der Waals surface area contributed by atoms with Crippen molar-refractivity contribution in [3.63, 3.8) is 0 Å². The quantitative estimate of drug-likeness (QED) is 0.483. The van der Waals surface area contributed by atoms with Gasteiger partial charge in [-0.1, -0.05) is 42.5 Å². The highest BCUT2D eigenvalue weighted by molar-refractivity contribution is 6.46. The van der Waals surface area contributed by atoms with E-state index in [1.54, 1.807) is 55.6 Å². The van der Waals surface area contributed by atoms with Gasteiger partial charge in [-0.3, -0.25) is 9.59 Å². The normalized spacial score (nSPS) is 18.7. The summed E-state index contributed by atoms with van der Waals surface area (Å²) in [6.07, 6.45) is 0. The van der Waals surface area contributed by atoms with Crippen molar-refractivity contribution in [1.82, 2.24) is 4.90 Å². The van der Waals surface area contributed by atoms with E-state index in [2.05, 4.69) is 0 Å². The van der Waals surface area contributed by atoms with Gasteiger partial charge >= 0.3 is 0 Å². The van der Waals surface area contributed by atoms with E-state index < -0.39 is 17.7 Å². The predicted octanol–water partition coefficient (Wildman–Crippen LogP) is 2.76. The van der Waals surface area contributed by atoms with Gasteiger partial charge in [-0.25, -0.2) is 0 Å². The van der Waals surface area contributed by atoms with Gasteiger partial charge in [-0.05, 0) is 17.7 Å². The van der Waals surface area contributed by atoms with Crippen molar-refractivity contribution >= 4 is 17.4 Å². The predicted molar refractivity (Wildman–Crippen MR) is 100 cm³/mol. The van der Waals surface area contributed by atoms with Gasteiger partial charge in [0, 0.05) is 19.2 Å². The molecule has 1 aliphatic rings. The van der Waals surface area contributed by atoms with Gasteiger partial charge in [-0.15, -0.1) is 0 Å². The Morgan fingerprint density at radius 1 is 1.04 bits per heavy atom. The summed E-state index contributed by atoms with van der Waals surface area (Å²) in [7, 11) is 3.10. The average molecular weight is 367 g/mol. The lowest BCUT2D eigenvalue weighted by Gasteiger charge is -2.25. The third-order valence-corrected chi connectivity index (χ3v) is 4.56. The lowest BCUT2D eigenvalue weighted by molar-refractivity contribution is -0.140. The van der Waals surface area contributed by atoms with Crippen LogP contribution < -0.4 is 4.74 Å². The Bertz CT molecular complexity index is 858. The number of hydrogen-bond acceptors (Lipinski definition) is 5. The zero-order chi connectivity index (χ0) is 19.4. The third kappa shape index (κ3) is 3.57. The van der Waals surface area contributed by atoms with Gasteiger partial charge in [-0.2, -0.15) is 0 Å². The van der Waals surface area contributed by atoms with Crippen LogP contribution in [0.1, 0.15) is 17.2 Å². The molecule has 0 bridgehead atoms. The van der Waals surface area contributed by atoms with Crippen LogP contribution in [-0.2, 0) is 14.3 Å². The molecule has 1 aliphatic heterocycles. The first-order valence-electron chi connectivity index (χ1n) is 8.55. The number of benzene rings is 2. The summed E-state index contributed by atoms with van der Waals surface area (Å²) in [6, 6.07) is 15.1. The molecule has 1 N–H and O–H groups in total. The van der Waals surface area contributed by atoms with E-state index in [-0.39, 0.29) is 24.5 Å². The Balaban J connectivity index is 2.13. The third-order valence-electron chi connectivity index (χ3n) is 4.56. The van der Waals surface area contributed by atoms with Crippen LogP contribution >= 0.6 is 0 Å². The lowest BCUT2D eigenvalue weighted by atomic mass is 9.95. The van der Waals surface area contributed by atoms with E-state index >= 15 is 0 Å². The van der Waals surface area contributed by atoms with E-state index in [1.807, 2.05) is 6.07 Å². The van der Waals surface area contributed by atoms with E-state index in [9.17, 15) is 14.7 Å². The molecule has 1 amide bonds. The summed E-state index contributed by atoms with van der Waals surface area (Å²) in [4.78, 5) is 26.8. The zero-order valence-electron chi connectivity index (χ0n) is 15.2. The highest BCUT2D eigenvalue weighted by Crippen LogP contribution is 2.39. The average Bonchev–Trinajstić information content (AvgIpc) is 2.97. The van der Waals surface area contributed by atoms with Crippen LogP contribution in [0, 0.1) is 0 Å². The molecular weight excluding hydrogens is 346 g/mol. The Kier molecular flexibility index (Phi) is 5.57. The molecule has 6 nitrogen and oxygen atoms in total. The smallest absolute Gasteiger partial charge is 0.295 e. The van der Waals surface area contributed by atoms with Crippen molar-refractivity contribution in [2.24, 2.45) is 0 Å². The molecule has 0 unspecified atom stereocenters. The molecule has 0 spiro atoms. The molecular formula is C21H21NO5. The van der Waals surface area contributed by atoms with E-state index in [0.29, 0.717) is 16.9 Å². The summed E-state index contributed by atoms with van der Waals surface area (Å²) in [6.45, 7) is 0.522. The number of aliphatic hydroxyl groups excluding tert-OH is 1. The first kappa shape index (κ1) is 18.7. The first-order valence-corrected chi connectivity index (χ1v) is 8.55. The van der Waals surface area contributed by atoms with Crippen molar-refractivity contribution in [2.45, 2.75) is 6.04 Å². The van der Waals surface area contributed by atoms with Crippen molar-refractivity contribution in [2.75, 3.05) is 27.4 Å². The summed E-state index contributed by atoms with van der Waals surface area (Å²) < 4.78 is 10.3. The molecule has 0 aliphatic carbocycles. The molecule has 140 valence electrons. The maximum atomic E-state index is 12.7. The number of aliphatic hydroxyl groups is 1. The van der Waals surface area contributed by atoms with Crippen LogP contribution in [-0.4, -0.2) is 49.1 Å². The number of ketones is 1. The minimum Gasteiger partial charge on any atom is -0.507 e.